The average molecular weight is 347 g/mol. The van der Waals surface area contributed by atoms with Gasteiger partial charge in [-0.1, -0.05) is 40.2 Å². The fraction of sp³-hybridized carbons (Fsp3) is 0.600. The zero-order valence-electron chi connectivity index (χ0n) is 11.9. The van der Waals surface area contributed by atoms with Gasteiger partial charge in [-0.05, 0) is 50.7 Å². The monoisotopic (exact) mass is 346 g/mol. The van der Waals surface area contributed by atoms with Crippen LogP contribution in [0.15, 0.2) is 24.3 Å². The van der Waals surface area contributed by atoms with Gasteiger partial charge in [0, 0.05) is 5.33 Å². The van der Waals surface area contributed by atoms with Gasteiger partial charge >= 0.3 is 0 Å². The molecule has 0 heterocycles. The van der Waals surface area contributed by atoms with Crippen LogP contribution in [0.1, 0.15) is 31.4 Å². The van der Waals surface area contributed by atoms with E-state index in [9.17, 15) is 8.42 Å². The van der Waals surface area contributed by atoms with Crippen molar-refractivity contribution in [1.29, 1.82) is 0 Å². The van der Waals surface area contributed by atoms with E-state index in [0.29, 0.717) is 5.92 Å². The second-order valence-corrected chi connectivity index (χ2v) is 8.68. The number of benzene rings is 1. The summed E-state index contributed by atoms with van der Waals surface area (Å²) < 4.78 is 23.7. The predicted molar refractivity (Wildman–Crippen MR) is 85.7 cm³/mol. The molecule has 0 aliphatic carbocycles. The maximum Gasteiger partial charge on any atom is 0.152 e. The Hall–Kier alpha value is -0.350. The summed E-state index contributed by atoms with van der Waals surface area (Å²) in [6.07, 6.45) is 1.66. The number of rotatable bonds is 7. The average Bonchev–Trinajstić information content (AvgIpc) is 2.36. The highest BCUT2D eigenvalue weighted by Crippen LogP contribution is 2.19. The molecule has 0 spiro atoms. The van der Waals surface area contributed by atoms with Crippen molar-refractivity contribution in [3.63, 3.8) is 0 Å². The van der Waals surface area contributed by atoms with Crippen LogP contribution in [-0.4, -0.2) is 24.8 Å². The minimum atomic E-state index is -2.93. The van der Waals surface area contributed by atoms with Crippen LogP contribution in [0.25, 0.3) is 0 Å². The van der Waals surface area contributed by atoms with Crippen LogP contribution in [0, 0.1) is 12.8 Å². The Balaban J connectivity index is 2.63. The first-order valence-corrected chi connectivity index (χ1v) is 9.52. The molecule has 1 aromatic carbocycles. The lowest BCUT2D eigenvalue weighted by molar-refractivity contribution is 0.547. The Kier molecular flexibility index (Phi) is 6.54. The Labute approximate surface area is 125 Å². The van der Waals surface area contributed by atoms with Crippen LogP contribution in [-0.2, 0) is 16.3 Å². The summed E-state index contributed by atoms with van der Waals surface area (Å²) in [4.78, 5) is 0. The number of alkyl halides is 1. The molecule has 2 nitrogen and oxygen atoms in total. The Morgan fingerprint density at radius 3 is 2.37 bits per heavy atom. The summed E-state index contributed by atoms with van der Waals surface area (Å²) in [7, 11) is -2.93. The van der Waals surface area contributed by atoms with Gasteiger partial charge in [0.25, 0.3) is 0 Å². The summed E-state index contributed by atoms with van der Waals surface area (Å²) in [6, 6.07) is 8.30. The maximum atomic E-state index is 11.9. The predicted octanol–water partition coefficient (Wildman–Crippen LogP) is 3.76. The number of halogens is 1. The van der Waals surface area contributed by atoms with E-state index in [0.717, 1.165) is 18.2 Å². The zero-order valence-corrected chi connectivity index (χ0v) is 14.3. The van der Waals surface area contributed by atoms with E-state index >= 15 is 0 Å². The van der Waals surface area contributed by atoms with E-state index in [4.69, 9.17) is 0 Å². The lowest BCUT2D eigenvalue weighted by Gasteiger charge is -2.16. The van der Waals surface area contributed by atoms with Crippen LogP contribution < -0.4 is 0 Å². The highest BCUT2D eigenvalue weighted by atomic mass is 79.9. The largest absolute Gasteiger partial charge is 0.229 e. The second-order valence-electron chi connectivity index (χ2n) is 5.36. The highest BCUT2D eigenvalue weighted by Gasteiger charge is 2.19. The normalized spacial score (nSPS) is 13.7. The minimum Gasteiger partial charge on any atom is -0.229 e. The first-order chi connectivity index (χ1) is 8.86. The fourth-order valence-electron chi connectivity index (χ4n) is 1.95. The lowest BCUT2D eigenvalue weighted by Crippen LogP contribution is -2.21. The number of sulfone groups is 1. The molecule has 4 heteroatoms. The molecular formula is C15H23BrO2S. The molecule has 0 amide bonds. The fourth-order valence-corrected chi connectivity index (χ4v) is 3.64. The molecule has 0 radical (unpaired) electrons. The summed E-state index contributed by atoms with van der Waals surface area (Å²) >= 11 is 3.51. The molecule has 0 aliphatic heterocycles. The molecule has 1 atom stereocenters. The molecule has 19 heavy (non-hydrogen) atoms. The van der Waals surface area contributed by atoms with Gasteiger partial charge in [-0.15, -0.1) is 0 Å². The van der Waals surface area contributed by atoms with E-state index in [-0.39, 0.29) is 11.0 Å². The van der Waals surface area contributed by atoms with Crippen molar-refractivity contribution in [2.75, 3.05) is 11.1 Å². The molecule has 0 fully saturated rings. The van der Waals surface area contributed by atoms with E-state index in [1.165, 1.54) is 11.1 Å². The standard InChI is InChI=1S/C15H23BrO2S/c1-12(2)19(17,18)9-8-14(11-16)10-15-7-5-4-6-13(15)3/h4-7,12,14H,8-11H2,1-3H3. The van der Waals surface area contributed by atoms with Crippen molar-refractivity contribution in [1.82, 2.24) is 0 Å². The van der Waals surface area contributed by atoms with Crippen molar-refractivity contribution in [2.24, 2.45) is 5.92 Å². The third-order valence-electron chi connectivity index (χ3n) is 3.52. The third kappa shape index (κ3) is 5.27. The van der Waals surface area contributed by atoms with Gasteiger partial charge in [-0.25, -0.2) is 8.42 Å². The summed E-state index contributed by atoms with van der Waals surface area (Å²) in [6.45, 7) is 5.60. The molecule has 108 valence electrons. The number of hydrogen-bond acceptors (Lipinski definition) is 2. The van der Waals surface area contributed by atoms with E-state index in [1.54, 1.807) is 13.8 Å². The third-order valence-corrected chi connectivity index (χ3v) is 6.67. The van der Waals surface area contributed by atoms with Gasteiger partial charge in [0.15, 0.2) is 9.84 Å². The van der Waals surface area contributed by atoms with Gasteiger partial charge in [0.05, 0.1) is 11.0 Å². The first kappa shape index (κ1) is 16.7. The molecule has 0 saturated carbocycles. The molecule has 0 bridgehead atoms. The van der Waals surface area contributed by atoms with Crippen molar-refractivity contribution in [3.8, 4) is 0 Å². The number of aryl methyl sites for hydroxylation is 1. The molecule has 1 aromatic rings. The van der Waals surface area contributed by atoms with Crippen LogP contribution in [0.5, 0.6) is 0 Å². The Morgan fingerprint density at radius 1 is 1.21 bits per heavy atom. The van der Waals surface area contributed by atoms with Crippen molar-refractivity contribution in [2.45, 2.75) is 38.9 Å². The van der Waals surface area contributed by atoms with E-state index in [2.05, 4.69) is 35.0 Å². The van der Waals surface area contributed by atoms with Gasteiger partial charge in [0.2, 0.25) is 0 Å². The summed E-state index contributed by atoms with van der Waals surface area (Å²) in [5, 5.41) is 0.566. The lowest BCUT2D eigenvalue weighted by atomic mass is 9.96. The van der Waals surface area contributed by atoms with Crippen LogP contribution in [0.4, 0.5) is 0 Å². The highest BCUT2D eigenvalue weighted by molar-refractivity contribution is 9.09. The quantitative estimate of drug-likeness (QED) is 0.704. The van der Waals surface area contributed by atoms with Crippen molar-refractivity contribution >= 4 is 25.8 Å². The van der Waals surface area contributed by atoms with Crippen LogP contribution in [0.2, 0.25) is 0 Å². The maximum absolute atomic E-state index is 11.9. The molecule has 0 N–H and O–H groups in total. The van der Waals surface area contributed by atoms with Gasteiger partial charge in [-0.3, -0.25) is 0 Å². The zero-order chi connectivity index (χ0) is 14.5. The molecular weight excluding hydrogens is 324 g/mol. The van der Waals surface area contributed by atoms with Crippen LogP contribution in [0.3, 0.4) is 0 Å². The minimum absolute atomic E-state index is 0.276. The second kappa shape index (κ2) is 7.44. The first-order valence-electron chi connectivity index (χ1n) is 6.69. The van der Waals surface area contributed by atoms with Gasteiger partial charge in [0.1, 0.15) is 0 Å². The molecule has 0 aliphatic rings. The Bertz CT molecular complexity index is 495. The van der Waals surface area contributed by atoms with Gasteiger partial charge < -0.3 is 0 Å². The van der Waals surface area contributed by atoms with Crippen molar-refractivity contribution < 1.29 is 8.42 Å². The summed E-state index contributed by atoms with van der Waals surface area (Å²) in [5.41, 5.74) is 2.59. The molecule has 1 rings (SSSR count). The molecule has 0 aromatic heterocycles. The number of hydrogen-bond donors (Lipinski definition) is 0. The molecule has 1 unspecified atom stereocenters. The van der Waals surface area contributed by atoms with Crippen LogP contribution >= 0.6 is 15.9 Å². The smallest absolute Gasteiger partial charge is 0.152 e. The van der Waals surface area contributed by atoms with E-state index < -0.39 is 9.84 Å². The van der Waals surface area contributed by atoms with E-state index in [1.807, 2.05) is 12.1 Å². The Morgan fingerprint density at radius 2 is 1.84 bits per heavy atom. The summed E-state index contributed by atoms with van der Waals surface area (Å²) in [5.74, 6) is 0.655. The van der Waals surface area contributed by atoms with Crippen molar-refractivity contribution in [3.05, 3.63) is 35.4 Å². The SMILES string of the molecule is Cc1ccccc1CC(CBr)CCS(=O)(=O)C(C)C. The van der Waals surface area contributed by atoms with Gasteiger partial charge in [-0.2, -0.15) is 0 Å². The topological polar surface area (TPSA) is 34.1 Å². The molecule has 0 saturated heterocycles.